The van der Waals surface area contributed by atoms with Crippen LogP contribution in [0.4, 0.5) is 0 Å². The van der Waals surface area contributed by atoms with Crippen LogP contribution in [0.1, 0.15) is 42.6 Å². The fraction of sp³-hybridized carbons (Fsp3) is 0.474. The monoisotopic (exact) mass is 360 g/mol. The topological polar surface area (TPSA) is 58.5 Å². The molecule has 0 amide bonds. The molecule has 1 aromatic heterocycles. The van der Waals surface area contributed by atoms with Gasteiger partial charge in [0.2, 0.25) is 0 Å². The second-order valence-electron chi connectivity index (χ2n) is 6.99. The third-order valence-electron chi connectivity index (χ3n) is 3.74. The van der Waals surface area contributed by atoms with E-state index >= 15 is 0 Å². The Morgan fingerprint density at radius 1 is 1.24 bits per heavy atom. The van der Waals surface area contributed by atoms with Gasteiger partial charge >= 0.3 is 0 Å². The molecule has 5 nitrogen and oxygen atoms in total. The summed E-state index contributed by atoms with van der Waals surface area (Å²) in [5.41, 5.74) is 3.40. The lowest BCUT2D eigenvalue weighted by Crippen LogP contribution is -2.36. The highest BCUT2D eigenvalue weighted by atomic mass is 32.1. The van der Waals surface area contributed by atoms with Crippen LogP contribution in [-0.2, 0) is 18.5 Å². The molecule has 0 radical (unpaired) electrons. The van der Waals surface area contributed by atoms with Crippen LogP contribution in [0.25, 0.3) is 0 Å². The van der Waals surface area contributed by atoms with Crippen LogP contribution in [0.5, 0.6) is 5.75 Å². The van der Waals surface area contributed by atoms with Crippen LogP contribution in [0.3, 0.4) is 0 Å². The highest BCUT2D eigenvalue weighted by molar-refractivity contribution is 7.09. The van der Waals surface area contributed by atoms with Crippen molar-refractivity contribution in [2.75, 3.05) is 14.2 Å². The van der Waals surface area contributed by atoms with Crippen LogP contribution in [0, 0.1) is 6.92 Å². The molecule has 2 rings (SSSR count). The third-order valence-corrected chi connectivity index (χ3v) is 5.06. The average molecular weight is 361 g/mol. The van der Waals surface area contributed by atoms with Gasteiger partial charge in [-0.15, -0.1) is 11.3 Å². The molecular weight excluding hydrogens is 332 g/mol. The number of hydrogen-bond acceptors (Lipinski definition) is 4. The van der Waals surface area contributed by atoms with E-state index in [1.165, 1.54) is 5.56 Å². The Labute approximate surface area is 154 Å². The van der Waals surface area contributed by atoms with Gasteiger partial charge in [-0.1, -0.05) is 32.9 Å². The summed E-state index contributed by atoms with van der Waals surface area (Å²) in [7, 11) is 3.46. The largest absolute Gasteiger partial charge is 0.496 e. The Morgan fingerprint density at radius 3 is 2.56 bits per heavy atom. The number of benzene rings is 1. The number of rotatable bonds is 5. The minimum absolute atomic E-state index is 0.0881. The lowest BCUT2D eigenvalue weighted by atomic mass is 9.98. The SMILES string of the molecule is CN=C(NCc1csc(C(C)(C)C)n1)NCc1ccc(C)cc1OC. The second kappa shape index (κ2) is 8.34. The van der Waals surface area contributed by atoms with Crippen molar-refractivity contribution < 1.29 is 4.74 Å². The highest BCUT2D eigenvalue weighted by Crippen LogP contribution is 2.25. The van der Waals surface area contributed by atoms with Gasteiger partial charge in [0.15, 0.2) is 5.96 Å². The number of nitrogens with zero attached hydrogens (tertiary/aromatic N) is 2. The van der Waals surface area contributed by atoms with E-state index in [0.29, 0.717) is 13.1 Å². The lowest BCUT2D eigenvalue weighted by molar-refractivity contribution is 0.408. The molecule has 0 fully saturated rings. The maximum Gasteiger partial charge on any atom is 0.191 e. The third kappa shape index (κ3) is 5.46. The van der Waals surface area contributed by atoms with Gasteiger partial charge in [0.1, 0.15) is 5.75 Å². The van der Waals surface area contributed by atoms with Gasteiger partial charge in [-0.3, -0.25) is 4.99 Å². The predicted octanol–water partition coefficient (Wildman–Crippen LogP) is 3.62. The van der Waals surface area contributed by atoms with Crippen molar-refractivity contribution in [1.29, 1.82) is 0 Å². The number of ether oxygens (including phenoxy) is 1. The van der Waals surface area contributed by atoms with Crippen molar-refractivity contribution in [1.82, 2.24) is 15.6 Å². The Balaban J connectivity index is 1.92. The van der Waals surface area contributed by atoms with Crippen molar-refractivity contribution in [3.63, 3.8) is 0 Å². The van der Waals surface area contributed by atoms with Crippen LogP contribution >= 0.6 is 11.3 Å². The molecule has 2 aromatic rings. The Bertz CT molecular complexity index is 731. The average Bonchev–Trinajstić information content (AvgIpc) is 3.05. The summed E-state index contributed by atoms with van der Waals surface area (Å²) in [5, 5.41) is 9.88. The summed E-state index contributed by atoms with van der Waals surface area (Å²) in [6, 6.07) is 6.19. The van der Waals surface area contributed by atoms with E-state index in [4.69, 9.17) is 9.72 Å². The molecule has 0 aliphatic heterocycles. The number of methoxy groups -OCH3 is 1. The Morgan fingerprint density at radius 2 is 1.96 bits per heavy atom. The zero-order valence-electron chi connectivity index (χ0n) is 15.9. The number of guanidine groups is 1. The quantitative estimate of drug-likeness (QED) is 0.631. The van der Waals surface area contributed by atoms with Gasteiger partial charge < -0.3 is 15.4 Å². The van der Waals surface area contributed by atoms with Gasteiger partial charge in [0.25, 0.3) is 0 Å². The number of aromatic nitrogens is 1. The van der Waals surface area contributed by atoms with Crippen LogP contribution in [0.15, 0.2) is 28.6 Å². The number of hydrogen-bond donors (Lipinski definition) is 2. The van der Waals surface area contributed by atoms with Gasteiger partial charge in [0.05, 0.1) is 24.4 Å². The highest BCUT2D eigenvalue weighted by Gasteiger charge is 2.17. The van der Waals surface area contributed by atoms with Gasteiger partial charge in [-0.05, 0) is 18.6 Å². The van der Waals surface area contributed by atoms with Crippen LogP contribution < -0.4 is 15.4 Å². The maximum absolute atomic E-state index is 5.45. The summed E-state index contributed by atoms with van der Waals surface area (Å²) in [5.74, 6) is 1.63. The van der Waals surface area contributed by atoms with E-state index in [-0.39, 0.29) is 5.41 Å². The normalized spacial score (nSPS) is 12.2. The van der Waals surface area contributed by atoms with E-state index < -0.39 is 0 Å². The molecule has 0 atom stereocenters. The number of aliphatic imine (C=N–C) groups is 1. The van der Waals surface area contributed by atoms with E-state index in [1.54, 1.807) is 25.5 Å². The molecule has 0 aliphatic carbocycles. The Hall–Kier alpha value is -2.08. The first-order valence-corrected chi connectivity index (χ1v) is 9.24. The smallest absolute Gasteiger partial charge is 0.191 e. The molecule has 1 heterocycles. The molecule has 0 saturated heterocycles. The van der Waals surface area contributed by atoms with Gasteiger partial charge in [0, 0.05) is 30.0 Å². The summed E-state index contributed by atoms with van der Waals surface area (Å²) in [4.78, 5) is 8.97. The summed E-state index contributed by atoms with van der Waals surface area (Å²) < 4.78 is 5.45. The first-order chi connectivity index (χ1) is 11.8. The molecule has 0 spiro atoms. The molecule has 0 bridgehead atoms. The molecule has 1 aromatic carbocycles. The summed E-state index contributed by atoms with van der Waals surface area (Å²) in [6.07, 6.45) is 0. The van der Waals surface area contributed by atoms with Crippen molar-refractivity contribution in [3.05, 3.63) is 45.4 Å². The second-order valence-corrected chi connectivity index (χ2v) is 7.85. The Kier molecular flexibility index (Phi) is 6.42. The molecule has 6 heteroatoms. The maximum atomic E-state index is 5.45. The van der Waals surface area contributed by atoms with Crippen molar-refractivity contribution in [2.45, 2.75) is 46.2 Å². The van der Waals surface area contributed by atoms with Crippen LogP contribution in [-0.4, -0.2) is 25.1 Å². The van der Waals surface area contributed by atoms with Gasteiger partial charge in [-0.2, -0.15) is 0 Å². The predicted molar refractivity (Wildman–Crippen MR) is 106 cm³/mol. The van der Waals surface area contributed by atoms with Gasteiger partial charge in [-0.25, -0.2) is 4.98 Å². The summed E-state index contributed by atoms with van der Waals surface area (Å²) >= 11 is 1.70. The van der Waals surface area contributed by atoms with Crippen molar-refractivity contribution in [3.8, 4) is 5.75 Å². The number of nitrogens with one attached hydrogen (secondary N) is 2. The lowest BCUT2D eigenvalue weighted by Gasteiger charge is -2.14. The van der Waals surface area contributed by atoms with Crippen molar-refractivity contribution in [2.24, 2.45) is 4.99 Å². The fourth-order valence-electron chi connectivity index (χ4n) is 2.30. The number of aryl methyl sites for hydroxylation is 1. The molecule has 0 saturated carbocycles. The summed E-state index contributed by atoms with van der Waals surface area (Å²) in [6.45, 7) is 9.89. The molecule has 2 N–H and O–H groups in total. The fourth-order valence-corrected chi connectivity index (χ4v) is 3.21. The van der Waals surface area contributed by atoms with E-state index in [9.17, 15) is 0 Å². The van der Waals surface area contributed by atoms with Crippen molar-refractivity contribution >= 4 is 17.3 Å². The zero-order chi connectivity index (χ0) is 18.4. The van der Waals surface area contributed by atoms with E-state index in [1.807, 2.05) is 6.07 Å². The van der Waals surface area contributed by atoms with E-state index in [2.05, 4.69) is 60.8 Å². The molecular formula is C19H28N4OS. The molecule has 136 valence electrons. The first kappa shape index (κ1) is 19.2. The standard InChI is InChI=1S/C19H28N4OS/c1-13-7-8-14(16(9-13)24-6)10-21-18(20-5)22-11-15-12-25-17(23-15)19(2,3)4/h7-9,12H,10-11H2,1-6H3,(H2,20,21,22). The van der Waals surface area contributed by atoms with Crippen LogP contribution in [0.2, 0.25) is 0 Å². The van der Waals surface area contributed by atoms with E-state index in [0.717, 1.165) is 28.0 Å². The zero-order valence-corrected chi connectivity index (χ0v) is 16.8. The molecule has 0 aliphatic rings. The minimum atomic E-state index is 0.0881. The first-order valence-electron chi connectivity index (χ1n) is 8.36. The molecule has 25 heavy (non-hydrogen) atoms. The number of thiazole rings is 1. The molecule has 0 unspecified atom stereocenters. The minimum Gasteiger partial charge on any atom is -0.496 e.